The van der Waals surface area contributed by atoms with Crippen LogP contribution in [0, 0.1) is 5.92 Å². The van der Waals surface area contributed by atoms with E-state index in [4.69, 9.17) is 4.74 Å². The molecule has 0 fully saturated rings. The fourth-order valence-electron chi connectivity index (χ4n) is 1.28. The van der Waals surface area contributed by atoms with Crippen LogP contribution in [0.15, 0.2) is 24.3 Å². The van der Waals surface area contributed by atoms with Crippen molar-refractivity contribution in [3.8, 4) is 5.75 Å². The molecule has 0 spiro atoms. The predicted octanol–water partition coefficient (Wildman–Crippen LogP) is 3.41. The van der Waals surface area contributed by atoms with Crippen LogP contribution >= 0.6 is 0 Å². The number of ether oxygens (including phenoxy) is 1. The summed E-state index contributed by atoms with van der Waals surface area (Å²) in [5, 5.41) is 0. The summed E-state index contributed by atoms with van der Waals surface area (Å²) in [6.45, 7) is 8.21. The molecular formula is C14H20O2. The third kappa shape index (κ3) is 3.69. The molecule has 0 aliphatic rings. The summed E-state index contributed by atoms with van der Waals surface area (Å²) in [5.74, 6) is 1.42. The highest BCUT2D eigenvalue weighted by Crippen LogP contribution is 2.20. The number of hydrogen-bond donors (Lipinski definition) is 0. The molecule has 0 saturated heterocycles. The largest absolute Gasteiger partial charge is 0.486 e. The average Bonchev–Trinajstić information content (AvgIpc) is 2.26. The van der Waals surface area contributed by atoms with Crippen LogP contribution in [0.2, 0.25) is 0 Å². The third-order valence-electron chi connectivity index (χ3n) is 2.55. The van der Waals surface area contributed by atoms with Crippen molar-refractivity contribution in [2.24, 2.45) is 5.92 Å². The van der Waals surface area contributed by atoms with Gasteiger partial charge in [0.2, 0.25) is 0 Å². The van der Waals surface area contributed by atoms with Crippen LogP contribution in [-0.4, -0.2) is 12.4 Å². The summed E-state index contributed by atoms with van der Waals surface area (Å²) in [7, 11) is 0. The lowest BCUT2D eigenvalue weighted by Crippen LogP contribution is -2.16. The van der Waals surface area contributed by atoms with Gasteiger partial charge in [-0.05, 0) is 23.6 Å². The number of carbonyl (C=O) groups excluding carboxylic acids is 1. The Bertz CT molecular complexity index is 354. The second-order valence-corrected chi connectivity index (χ2v) is 4.64. The molecule has 0 unspecified atom stereocenters. The van der Waals surface area contributed by atoms with Gasteiger partial charge in [0.1, 0.15) is 12.4 Å². The maximum absolute atomic E-state index is 11.4. The molecule has 0 amide bonds. The summed E-state index contributed by atoms with van der Waals surface area (Å²) < 4.78 is 5.47. The normalized spacial score (nSPS) is 10.9. The van der Waals surface area contributed by atoms with Crippen molar-refractivity contribution in [1.29, 1.82) is 0 Å². The molecule has 2 nitrogen and oxygen atoms in total. The van der Waals surface area contributed by atoms with Crippen molar-refractivity contribution in [3.05, 3.63) is 29.8 Å². The summed E-state index contributed by atoms with van der Waals surface area (Å²) in [6.07, 6.45) is 0. The van der Waals surface area contributed by atoms with Gasteiger partial charge in [-0.15, -0.1) is 0 Å². The molecule has 0 aromatic heterocycles. The minimum absolute atomic E-state index is 0.0354. The van der Waals surface area contributed by atoms with E-state index in [0.717, 1.165) is 5.75 Å². The van der Waals surface area contributed by atoms with Crippen molar-refractivity contribution in [2.45, 2.75) is 33.6 Å². The second-order valence-electron chi connectivity index (χ2n) is 4.64. The van der Waals surface area contributed by atoms with E-state index in [1.807, 2.05) is 32.0 Å². The number of carbonyl (C=O) groups is 1. The Balaban J connectivity index is 2.61. The van der Waals surface area contributed by atoms with Gasteiger partial charge in [-0.25, -0.2) is 0 Å². The zero-order chi connectivity index (χ0) is 12.1. The lowest BCUT2D eigenvalue weighted by molar-refractivity contribution is -0.123. The van der Waals surface area contributed by atoms with E-state index in [2.05, 4.69) is 19.9 Å². The number of hydrogen-bond acceptors (Lipinski definition) is 2. The Morgan fingerprint density at radius 2 is 1.94 bits per heavy atom. The summed E-state index contributed by atoms with van der Waals surface area (Å²) >= 11 is 0. The van der Waals surface area contributed by atoms with Crippen molar-refractivity contribution in [1.82, 2.24) is 0 Å². The maximum Gasteiger partial charge on any atom is 0.172 e. The monoisotopic (exact) mass is 220 g/mol. The maximum atomic E-state index is 11.4. The molecule has 1 aromatic carbocycles. The molecule has 0 aliphatic heterocycles. The molecule has 0 bridgehead atoms. The number of rotatable bonds is 5. The van der Waals surface area contributed by atoms with Crippen LogP contribution in [0.3, 0.4) is 0 Å². The van der Waals surface area contributed by atoms with Gasteiger partial charge in [-0.1, -0.05) is 39.8 Å². The predicted molar refractivity (Wildman–Crippen MR) is 65.9 cm³/mol. The van der Waals surface area contributed by atoms with Crippen LogP contribution < -0.4 is 4.74 Å². The van der Waals surface area contributed by atoms with Crippen LogP contribution in [0.25, 0.3) is 0 Å². The Kier molecular flexibility index (Phi) is 4.53. The molecule has 0 saturated carbocycles. The standard InChI is InChI=1S/C14H20O2/c1-10(2)12-6-5-7-13(8-12)16-9-14(15)11(3)4/h5-8,10-11H,9H2,1-4H3. The minimum atomic E-state index is 0.0354. The van der Waals surface area contributed by atoms with Crippen molar-refractivity contribution >= 4 is 5.78 Å². The highest BCUT2D eigenvalue weighted by molar-refractivity contribution is 5.81. The van der Waals surface area contributed by atoms with Gasteiger partial charge < -0.3 is 4.74 Å². The van der Waals surface area contributed by atoms with E-state index in [9.17, 15) is 4.79 Å². The first kappa shape index (κ1) is 12.8. The lowest BCUT2D eigenvalue weighted by Gasteiger charge is -2.10. The minimum Gasteiger partial charge on any atom is -0.486 e. The van der Waals surface area contributed by atoms with Crippen molar-refractivity contribution < 1.29 is 9.53 Å². The van der Waals surface area contributed by atoms with E-state index < -0.39 is 0 Å². The van der Waals surface area contributed by atoms with Crippen LogP contribution in [0.5, 0.6) is 5.75 Å². The lowest BCUT2D eigenvalue weighted by atomic mass is 10.0. The fourth-order valence-corrected chi connectivity index (χ4v) is 1.28. The van der Waals surface area contributed by atoms with Gasteiger partial charge in [-0.2, -0.15) is 0 Å². The van der Waals surface area contributed by atoms with Crippen molar-refractivity contribution in [3.63, 3.8) is 0 Å². The first-order chi connectivity index (χ1) is 7.50. The van der Waals surface area contributed by atoms with E-state index in [1.165, 1.54) is 5.56 Å². The topological polar surface area (TPSA) is 26.3 Å². The number of benzene rings is 1. The Labute approximate surface area is 97.6 Å². The molecule has 0 aliphatic carbocycles. The molecule has 0 radical (unpaired) electrons. The SMILES string of the molecule is CC(C)C(=O)COc1cccc(C(C)C)c1. The Morgan fingerprint density at radius 3 is 2.50 bits per heavy atom. The third-order valence-corrected chi connectivity index (χ3v) is 2.55. The number of ketones is 1. The van der Waals surface area contributed by atoms with E-state index >= 15 is 0 Å². The van der Waals surface area contributed by atoms with Gasteiger partial charge in [0.15, 0.2) is 5.78 Å². The van der Waals surface area contributed by atoms with Gasteiger partial charge in [0, 0.05) is 5.92 Å². The Hall–Kier alpha value is -1.31. The first-order valence-electron chi connectivity index (χ1n) is 5.76. The van der Waals surface area contributed by atoms with E-state index in [0.29, 0.717) is 5.92 Å². The molecule has 1 aromatic rings. The molecule has 16 heavy (non-hydrogen) atoms. The molecule has 0 N–H and O–H groups in total. The van der Waals surface area contributed by atoms with Gasteiger partial charge in [-0.3, -0.25) is 4.79 Å². The van der Waals surface area contributed by atoms with Crippen LogP contribution in [0.1, 0.15) is 39.2 Å². The molecule has 2 heteroatoms. The van der Waals surface area contributed by atoms with E-state index in [1.54, 1.807) is 0 Å². The van der Waals surface area contributed by atoms with Crippen LogP contribution in [-0.2, 0) is 4.79 Å². The van der Waals surface area contributed by atoms with Crippen molar-refractivity contribution in [2.75, 3.05) is 6.61 Å². The van der Waals surface area contributed by atoms with Gasteiger partial charge in [0.05, 0.1) is 0 Å². The molecule has 0 atom stereocenters. The molecular weight excluding hydrogens is 200 g/mol. The zero-order valence-electron chi connectivity index (χ0n) is 10.5. The average molecular weight is 220 g/mol. The molecule has 0 heterocycles. The quantitative estimate of drug-likeness (QED) is 0.760. The van der Waals surface area contributed by atoms with Gasteiger partial charge >= 0.3 is 0 Å². The second kappa shape index (κ2) is 5.69. The van der Waals surface area contributed by atoms with E-state index in [-0.39, 0.29) is 18.3 Å². The summed E-state index contributed by atoms with van der Waals surface area (Å²) in [6, 6.07) is 7.92. The van der Waals surface area contributed by atoms with Gasteiger partial charge in [0.25, 0.3) is 0 Å². The number of Topliss-reactive ketones (excluding diaryl/α,β-unsaturated/α-hetero) is 1. The smallest absolute Gasteiger partial charge is 0.172 e. The molecule has 88 valence electrons. The summed E-state index contributed by atoms with van der Waals surface area (Å²) in [5.41, 5.74) is 1.23. The summed E-state index contributed by atoms with van der Waals surface area (Å²) in [4.78, 5) is 11.4. The highest BCUT2D eigenvalue weighted by atomic mass is 16.5. The van der Waals surface area contributed by atoms with Crippen LogP contribution in [0.4, 0.5) is 0 Å². The fraction of sp³-hybridized carbons (Fsp3) is 0.500. The highest BCUT2D eigenvalue weighted by Gasteiger charge is 2.08. The first-order valence-corrected chi connectivity index (χ1v) is 5.76. The molecule has 1 rings (SSSR count). The zero-order valence-corrected chi connectivity index (χ0v) is 10.5. The Morgan fingerprint density at radius 1 is 1.25 bits per heavy atom.